The SMILES string of the molecule is CN1CCN([C@@H](c2cccc(Cl)c2)c2ccccc2Cl)CC1. The molecule has 0 amide bonds. The van der Waals surface area contributed by atoms with E-state index in [-0.39, 0.29) is 6.04 Å². The van der Waals surface area contributed by atoms with Crippen LogP contribution in [-0.4, -0.2) is 43.0 Å². The minimum atomic E-state index is 0.154. The zero-order valence-electron chi connectivity index (χ0n) is 12.7. The molecule has 2 aromatic carbocycles. The second-order valence-electron chi connectivity index (χ2n) is 5.82. The summed E-state index contributed by atoms with van der Waals surface area (Å²) in [6.07, 6.45) is 0. The smallest absolute Gasteiger partial charge is 0.0617 e. The molecule has 0 saturated carbocycles. The molecule has 2 nitrogen and oxygen atoms in total. The van der Waals surface area contributed by atoms with E-state index in [4.69, 9.17) is 23.2 Å². The normalized spacial score (nSPS) is 18.3. The zero-order chi connectivity index (χ0) is 15.5. The van der Waals surface area contributed by atoms with Crippen LogP contribution in [-0.2, 0) is 0 Å². The fraction of sp³-hybridized carbons (Fsp3) is 0.333. The van der Waals surface area contributed by atoms with Crippen LogP contribution >= 0.6 is 23.2 Å². The van der Waals surface area contributed by atoms with E-state index in [0.29, 0.717) is 0 Å². The van der Waals surface area contributed by atoms with Crippen molar-refractivity contribution in [1.82, 2.24) is 9.80 Å². The Balaban J connectivity index is 2.01. The van der Waals surface area contributed by atoms with Crippen LogP contribution < -0.4 is 0 Å². The van der Waals surface area contributed by atoms with Gasteiger partial charge in [0.15, 0.2) is 0 Å². The fourth-order valence-electron chi connectivity index (χ4n) is 3.04. The Morgan fingerprint density at radius 2 is 1.64 bits per heavy atom. The number of nitrogens with zero attached hydrogens (tertiary/aromatic N) is 2. The minimum Gasteiger partial charge on any atom is -0.304 e. The second-order valence-corrected chi connectivity index (χ2v) is 6.66. The highest BCUT2D eigenvalue weighted by Gasteiger charge is 2.26. The third kappa shape index (κ3) is 3.47. The molecular weight excluding hydrogens is 315 g/mol. The molecule has 0 unspecified atom stereocenters. The number of hydrogen-bond acceptors (Lipinski definition) is 2. The fourth-order valence-corrected chi connectivity index (χ4v) is 3.48. The summed E-state index contributed by atoms with van der Waals surface area (Å²) in [5.41, 5.74) is 2.35. The molecular formula is C18H20Cl2N2. The summed E-state index contributed by atoms with van der Waals surface area (Å²) < 4.78 is 0. The van der Waals surface area contributed by atoms with Gasteiger partial charge < -0.3 is 4.90 Å². The number of piperazine rings is 1. The van der Waals surface area contributed by atoms with E-state index in [9.17, 15) is 0 Å². The first kappa shape index (κ1) is 15.8. The van der Waals surface area contributed by atoms with Gasteiger partial charge in [0.1, 0.15) is 0 Å². The molecule has 0 spiro atoms. The maximum absolute atomic E-state index is 6.49. The van der Waals surface area contributed by atoms with E-state index >= 15 is 0 Å². The molecule has 0 N–H and O–H groups in total. The standard InChI is InChI=1S/C18H20Cl2N2/c1-21-9-11-22(12-10-21)18(14-5-4-6-15(19)13-14)16-7-2-3-8-17(16)20/h2-8,13,18H,9-12H2,1H3/t18-/m0/s1. The van der Waals surface area contributed by atoms with Crippen LogP contribution in [0.2, 0.25) is 10.0 Å². The summed E-state index contributed by atoms with van der Waals surface area (Å²) in [7, 11) is 2.17. The van der Waals surface area contributed by atoms with Crippen LogP contribution in [0, 0.1) is 0 Å². The van der Waals surface area contributed by atoms with Crippen LogP contribution in [0.15, 0.2) is 48.5 Å². The summed E-state index contributed by atoms with van der Waals surface area (Å²) in [6, 6.07) is 16.4. The molecule has 0 radical (unpaired) electrons. The number of likely N-dealkylation sites (N-methyl/N-ethyl adjacent to an activating group) is 1. The molecule has 0 aromatic heterocycles. The van der Waals surface area contributed by atoms with Crippen molar-refractivity contribution in [3.8, 4) is 0 Å². The van der Waals surface area contributed by atoms with E-state index in [1.165, 1.54) is 5.56 Å². The molecule has 1 heterocycles. The lowest BCUT2D eigenvalue weighted by Gasteiger charge is -2.38. The number of halogens is 2. The molecule has 1 saturated heterocycles. The minimum absolute atomic E-state index is 0.154. The Labute approximate surface area is 142 Å². The van der Waals surface area contributed by atoms with Gasteiger partial charge in [0.2, 0.25) is 0 Å². The van der Waals surface area contributed by atoms with E-state index in [1.807, 2.05) is 30.3 Å². The molecule has 22 heavy (non-hydrogen) atoms. The van der Waals surface area contributed by atoms with Crippen molar-refractivity contribution in [1.29, 1.82) is 0 Å². The van der Waals surface area contributed by atoms with Crippen LogP contribution in [0.1, 0.15) is 17.2 Å². The highest BCUT2D eigenvalue weighted by atomic mass is 35.5. The highest BCUT2D eigenvalue weighted by molar-refractivity contribution is 6.31. The molecule has 1 aliphatic rings. The second kappa shape index (κ2) is 7.01. The average Bonchev–Trinajstić information content (AvgIpc) is 2.51. The van der Waals surface area contributed by atoms with Gasteiger partial charge in [0.25, 0.3) is 0 Å². The summed E-state index contributed by atoms with van der Waals surface area (Å²) in [6.45, 7) is 4.20. The van der Waals surface area contributed by atoms with Crippen LogP contribution in [0.3, 0.4) is 0 Å². The summed E-state index contributed by atoms with van der Waals surface area (Å²) in [5, 5.41) is 1.58. The van der Waals surface area contributed by atoms with Gasteiger partial charge in [-0.3, -0.25) is 4.90 Å². The zero-order valence-corrected chi connectivity index (χ0v) is 14.2. The quantitative estimate of drug-likeness (QED) is 0.824. The Hall–Kier alpha value is -1.06. The van der Waals surface area contributed by atoms with E-state index < -0.39 is 0 Å². The lowest BCUT2D eigenvalue weighted by molar-refractivity contribution is 0.127. The first-order valence-electron chi connectivity index (χ1n) is 7.57. The lowest BCUT2D eigenvalue weighted by Crippen LogP contribution is -2.46. The molecule has 1 atom stereocenters. The van der Waals surface area contributed by atoms with Crippen LogP contribution in [0.25, 0.3) is 0 Å². The Bertz CT molecular complexity index is 636. The van der Waals surface area contributed by atoms with Crippen molar-refractivity contribution >= 4 is 23.2 Å². The number of hydrogen-bond donors (Lipinski definition) is 0. The summed E-state index contributed by atoms with van der Waals surface area (Å²) in [4.78, 5) is 4.85. The third-order valence-electron chi connectivity index (χ3n) is 4.27. The van der Waals surface area contributed by atoms with Crippen LogP contribution in [0.4, 0.5) is 0 Å². The molecule has 3 rings (SSSR count). The highest BCUT2D eigenvalue weighted by Crippen LogP contribution is 2.34. The maximum atomic E-state index is 6.49. The summed E-state index contributed by atoms with van der Waals surface area (Å²) in [5.74, 6) is 0. The Morgan fingerprint density at radius 3 is 2.32 bits per heavy atom. The van der Waals surface area contributed by atoms with Crippen molar-refractivity contribution in [2.75, 3.05) is 33.2 Å². The van der Waals surface area contributed by atoms with Crippen molar-refractivity contribution in [2.45, 2.75) is 6.04 Å². The van der Waals surface area contributed by atoms with Crippen molar-refractivity contribution in [2.24, 2.45) is 0 Å². The van der Waals surface area contributed by atoms with Gasteiger partial charge in [-0.05, 0) is 36.4 Å². The van der Waals surface area contributed by atoms with Gasteiger partial charge in [-0.1, -0.05) is 53.5 Å². The van der Waals surface area contributed by atoms with Crippen molar-refractivity contribution < 1.29 is 0 Å². The van der Waals surface area contributed by atoms with Crippen molar-refractivity contribution in [3.63, 3.8) is 0 Å². The first-order valence-corrected chi connectivity index (χ1v) is 8.33. The maximum Gasteiger partial charge on any atom is 0.0617 e. The Morgan fingerprint density at radius 1 is 0.909 bits per heavy atom. The van der Waals surface area contributed by atoms with Gasteiger partial charge >= 0.3 is 0 Å². The van der Waals surface area contributed by atoms with Gasteiger partial charge in [-0.2, -0.15) is 0 Å². The van der Waals surface area contributed by atoms with E-state index in [0.717, 1.165) is 41.8 Å². The molecule has 116 valence electrons. The molecule has 2 aromatic rings. The van der Waals surface area contributed by atoms with Gasteiger partial charge in [0, 0.05) is 36.2 Å². The number of rotatable bonds is 3. The van der Waals surface area contributed by atoms with E-state index in [1.54, 1.807) is 0 Å². The van der Waals surface area contributed by atoms with Gasteiger partial charge in [0.05, 0.1) is 6.04 Å². The predicted octanol–water partition coefficient (Wildman–Crippen LogP) is 4.33. The van der Waals surface area contributed by atoms with Gasteiger partial charge in [-0.25, -0.2) is 0 Å². The number of benzene rings is 2. The molecule has 1 fully saturated rings. The molecule has 0 bridgehead atoms. The van der Waals surface area contributed by atoms with Crippen molar-refractivity contribution in [3.05, 3.63) is 69.7 Å². The molecule has 4 heteroatoms. The molecule has 1 aliphatic heterocycles. The van der Waals surface area contributed by atoms with Gasteiger partial charge in [-0.15, -0.1) is 0 Å². The topological polar surface area (TPSA) is 6.48 Å². The molecule has 0 aliphatic carbocycles. The van der Waals surface area contributed by atoms with E-state index in [2.05, 4.69) is 35.0 Å². The lowest BCUT2D eigenvalue weighted by atomic mass is 9.96. The third-order valence-corrected chi connectivity index (χ3v) is 4.85. The van der Waals surface area contributed by atoms with Crippen LogP contribution in [0.5, 0.6) is 0 Å². The first-order chi connectivity index (χ1) is 10.6. The largest absolute Gasteiger partial charge is 0.304 e. The monoisotopic (exact) mass is 334 g/mol. The summed E-state index contributed by atoms with van der Waals surface area (Å²) >= 11 is 12.7. The average molecular weight is 335 g/mol. The predicted molar refractivity (Wildman–Crippen MR) is 93.8 cm³/mol. The Kier molecular flexibility index (Phi) is 5.04.